The molecule has 0 spiro atoms. The molecule has 1 saturated carbocycles. The first-order chi connectivity index (χ1) is 10.8. The van der Waals surface area contributed by atoms with Crippen molar-refractivity contribution in [3.8, 4) is 0 Å². The van der Waals surface area contributed by atoms with Gasteiger partial charge in [-0.15, -0.1) is 0 Å². The van der Waals surface area contributed by atoms with Crippen molar-refractivity contribution in [2.45, 2.75) is 69.1 Å². The van der Waals surface area contributed by atoms with E-state index in [4.69, 9.17) is 0 Å². The molecular formula is C18H26BrFO2S. The fraction of sp³-hybridized carbons (Fsp3) is 0.667. The van der Waals surface area contributed by atoms with E-state index in [0.29, 0.717) is 10.0 Å². The van der Waals surface area contributed by atoms with Crippen molar-refractivity contribution in [2.24, 2.45) is 5.92 Å². The van der Waals surface area contributed by atoms with Crippen LogP contribution in [0.15, 0.2) is 21.5 Å². The molecule has 2 nitrogen and oxygen atoms in total. The topological polar surface area (TPSA) is 34.1 Å². The van der Waals surface area contributed by atoms with Gasteiger partial charge in [-0.25, -0.2) is 12.8 Å². The van der Waals surface area contributed by atoms with Gasteiger partial charge in [-0.05, 0) is 65.1 Å². The zero-order chi connectivity index (χ0) is 17.0. The van der Waals surface area contributed by atoms with Crippen LogP contribution in [0.2, 0.25) is 0 Å². The lowest BCUT2D eigenvalue weighted by Gasteiger charge is -2.29. The predicted octanol–water partition coefficient (Wildman–Crippen LogP) is 5.85. The quantitative estimate of drug-likeness (QED) is 0.557. The maximum Gasteiger partial charge on any atom is 0.179 e. The fourth-order valence-corrected chi connectivity index (χ4v) is 5.70. The molecule has 1 aliphatic carbocycles. The van der Waals surface area contributed by atoms with E-state index in [9.17, 15) is 12.8 Å². The molecule has 1 aliphatic rings. The second kappa shape index (κ2) is 8.11. The van der Waals surface area contributed by atoms with Crippen LogP contribution in [0.5, 0.6) is 0 Å². The summed E-state index contributed by atoms with van der Waals surface area (Å²) in [6.07, 6.45) is 10.3. The Hall–Kier alpha value is -0.420. The highest BCUT2D eigenvalue weighted by molar-refractivity contribution is 9.10. The number of hydrogen-bond donors (Lipinski definition) is 0. The molecule has 0 aliphatic heterocycles. The molecule has 130 valence electrons. The molecule has 1 aromatic carbocycles. The number of halogens is 2. The Bertz CT molecular complexity index is 635. The number of hydrogen-bond acceptors (Lipinski definition) is 2. The molecule has 0 heterocycles. The lowest BCUT2D eigenvalue weighted by Crippen LogP contribution is -2.15. The van der Waals surface area contributed by atoms with Gasteiger partial charge in [0.15, 0.2) is 9.84 Å². The van der Waals surface area contributed by atoms with Gasteiger partial charge in [-0.3, -0.25) is 0 Å². The highest BCUT2D eigenvalue weighted by atomic mass is 79.9. The van der Waals surface area contributed by atoms with Crippen LogP contribution in [0.1, 0.15) is 69.8 Å². The fourth-order valence-electron chi connectivity index (χ4n) is 3.65. The first-order valence-corrected chi connectivity index (χ1v) is 11.2. The average Bonchev–Trinajstić information content (AvgIpc) is 2.47. The van der Waals surface area contributed by atoms with Gasteiger partial charge in [-0.1, -0.05) is 38.7 Å². The smallest absolute Gasteiger partial charge is 0.179 e. The normalized spacial score (nSPS) is 22.3. The van der Waals surface area contributed by atoms with Crippen molar-refractivity contribution in [1.29, 1.82) is 0 Å². The SMILES string of the molecule is CCCCCC1CCC(c2ccc(Br)c(S(C)(=O)=O)c2F)CC1. The molecule has 2 rings (SSSR count). The Morgan fingerprint density at radius 1 is 1.17 bits per heavy atom. The van der Waals surface area contributed by atoms with E-state index in [1.807, 2.05) is 0 Å². The van der Waals surface area contributed by atoms with Crippen molar-refractivity contribution in [1.82, 2.24) is 0 Å². The van der Waals surface area contributed by atoms with Gasteiger partial charge in [0.25, 0.3) is 0 Å². The maximum atomic E-state index is 14.8. The summed E-state index contributed by atoms with van der Waals surface area (Å²) in [6, 6.07) is 3.41. The summed E-state index contributed by atoms with van der Waals surface area (Å²) in [6.45, 7) is 2.21. The number of unbranched alkanes of at least 4 members (excludes halogenated alkanes) is 2. The molecule has 0 amide bonds. The molecule has 1 aromatic rings. The molecule has 0 bridgehead atoms. The molecule has 0 atom stereocenters. The standard InChI is InChI=1S/C18H26BrFO2S/c1-3-4-5-6-13-7-9-14(10-8-13)15-11-12-16(19)18(17(15)20)23(2,21)22/h11-14H,3-10H2,1-2H3. The minimum Gasteiger partial charge on any atom is -0.224 e. The summed E-state index contributed by atoms with van der Waals surface area (Å²) in [5, 5.41) is 0. The summed E-state index contributed by atoms with van der Waals surface area (Å²) in [5.41, 5.74) is 0.570. The van der Waals surface area contributed by atoms with Crippen LogP contribution in [0.25, 0.3) is 0 Å². The number of benzene rings is 1. The largest absolute Gasteiger partial charge is 0.224 e. The average molecular weight is 405 g/mol. The minimum absolute atomic E-state index is 0.144. The molecule has 5 heteroatoms. The third-order valence-electron chi connectivity index (χ3n) is 4.95. The molecule has 1 fully saturated rings. The number of rotatable bonds is 6. The van der Waals surface area contributed by atoms with E-state index in [2.05, 4.69) is 22.9 Å². The molecule has 0 N–H and O–H groups in total. The van der Waals surface area contributed by atoms with Crippen LogP contribution in [-0.2, 0) is 9.84 Å². The summed E-state index contributed by atoms with van der Waals surface area (Å²) in [5.74, 6) is 0.341. The van der Waals surface area contributed by atoms with Crippen LogP contribution in [0.4, 0.5) is 4.39 Å². The molecule has 0 radical (unpaired) electrons. The van der Waals surface area contributed by atoms with Crippen molar-refractivity contribution in [3.63, 3.8) is 0 Å². The zero-order valence-corrected chi connectivity index (χ0v) is 16.3. The Kier molecular flexibility index (Phi) is 6.66. The highest BCUT2D eigenvalue weighted by Crippen LogP contribution is 2.40. The second-order valence-corrected chi connectivity index (χ2v) is 9.57. The van der Waals surface area contributed by atoms with E-state index in [1.165, 1.54) is 25.7 Å². The van der Waals surface area contributed by atoms with Crippen LogP contribution in [0, 0.1) is 11.7 Å². The molecule has 0 saturated heterocycles. The monoisotopic (exact) mass is 404 g/mol. The van der Waals surface area contributed by atoms with E-state index in [0.717, 1.165) is 37.9 Å². The molecule has 0 aromatic heterocycles. The minimum atomic E-state index is -3.57. The summed E-state index contributed by atoms with van der Waals surface area (Å²) < 4.78 is 38.7. The van der Waals surface area contributed by atoms with Gasteiger partial charge < -0.3 is 0 Å². The van der Waals surface area contributed by atoms with E-state index in [-0.39, 0.29) is 10.8 Å². The lowest BCUT2D eigenvalue weighted by molar-refractivity contribution is 0.298. The van der Waals surface area contributed by atoms with E-state index < -0.39 is 15.7 Å². The zero-order valence-electron chi connectivity index (χ0n) is 13.9. The Labute approximate surface area is 147 Å². The summed E-state index contributed by atoms with van der Waals surface area (Å²) in [7, 11) is -3.57. The Balaban J connectivity index is 2.10. The van der Waals surface area contributed by atoms with E-state index >= 15 is 0 Å². The summed E-state index contributed by atoms with van der Waals surface area (Å²) in [4.78, 5) is -0.194. The van der Waals surface area contributed by atoms with Crippen LogP contribution >= 0.6 is 15.9 Å². The molecule has 23 heavy (non-hydrogen) atoms. The van der Waals surface area contributed by atoms with E-state index in [1.54, 1.807) is 12.1 Å². The van der Waals surface area contributed by atoms with Gasteiger partial charge in [-0.2, -0.15) is 0 Å². The summed E-state index contributed by atoms with van der Waals surface area (Å²) >= 11 is 3.17. The van der Waals surface area contributed by atoms with Crippen LogP contribution in [0.3, 0.4) is 0 Å². The van der Waals surface area contributed by atoms with Gasteiger partial charge in [0.05, 0.1) is 0 Å². The van der Waals surface area contributed by atoms with Crippen LogP contribution in [-0.4, -0.2) is 14.7 Å². The van der Waals surface area contributed by atoms with Gasteiger partial charge in [0, 0.05) is 10.7 Å². The number of sulfone groups is 1. The van der Waals surface area contributed by atoms with Crippen molar-refractivity contribution < 1.29 is 12.8 Å². The maximum absolute atomic E-state index is 14.8. The Morgan fingerprint density at radius 3 is 2.39 bits per heavy atom. The van der Waals surface area contributed by atoms with Gasteiger partial charge in [0.1, 0.15) is 10.7 Å². The van der Waals surface area contributed by atoms with Gasteiger partial charge in [0.2, 0.25) is 0 Å². The van der Waals surface area contributed by atoms with Gasteiger partial charge >= 0.3 is 0 Å². The second-order valence-electron chi connectivity index (χ2n) is 6.77. The first-order valence-electron chi connectivity index (χ1n) is 8.52. The van der Waals surface area contributed by atoms with Crippen molar-refractivity contribution in [3.05, 3.63) is 28.0 Å². The predicted molar refractivity (Wildman–Crippen MR) is 96.1 cm³/mol. The third-order valence-corrected chi connectivity index (χ3v) is 7.02. The first kappa shape index (κ1) is 18.9. The van der Waals surface area contributed by atoms with Crippen LogP contribution < -0.4 is 0 Å². The third kappa shape index (κ3) is 4.79. The lowest BCUT2D eigenvalue weighted by atomic mass is 9.77. The highest BCUT2D eigenvalue weighted by Gasteiger charge is 2.28. The van der Waals surface area contributed by atoms with Crippen molar-refractivity contribution >= 4 is 25.8 Å². The molecular weight excluding hydrogens is 379 g/mol. The Morgan fingerprint density at radius 2 is 1.83 bits per heavy atom. The van der Waals surface area contributed by atoms with Crippen molar-refractivity contribution in [2.75, 3.05) is 6.26 Å². The molecule has 0 unspecified atom stereocenters.